The zero-order chi connectivity index (χ0) is 16.4. The molecule has 124 valence electrons. The lowest BCUT2D eigenvalue weighted by Gasteiger charge is -2.38. The van der Waals surface area contributed by atoms with Gasteiger partial charge < -0.3 is 9.64 Å². The number of carbonyl (C=O) groups excluding carboxylic acids is 2. The van der Waals surface area contributed by atoms with Crippen molar-refractivity contribution in [2.75, 3.05) is 33.3 Å². The molecule has 1 aliphatic heterocycles. The summed E-state index contributed by atoms with van der Waals surface area (Å²) in [5.41, 5.74) is 2.75. The number of Topliss-reactive ketones (excluding diaryl/α,β-unsaturated/α-hetero) is 1. The van der Waals surface area contributed by atoms with Crippen molar-refractivity contribution < 1.29 is 14.3 Å². The van der Waals surface area contributed by atoms with Crippen molar-refractivity contribution in [3.05, 3.63) is 29.3 Å². The third-order valence-corrected chi connectivity index (χ3v) is 5.00. The van der Waals surface area contributed by atoms with Gasteiger partial charge in [-0.05, 0) is 36.1 Å². The number of fused-ring (bicyclic) bond motifs is 1. The fourth-order valence-corrected chi connectivity index (χ4v) is 3.63. The van der Waals surface area contributed by atoms with E-state index in [-0.39, 0.29) is 18.1 Å². The highest BCUT2D eigenvalue weighted by atomic mass is 16.5. The SMILES string of the molecule is CCC(=O)C(=O)N1CCN(C2CCc3ccc(OC)cc32)CC1. The summed E-state index contributed by atoms with van der Waals surface area (Å²) in [5, 5.41) is 0. The van der Waals surface area contributed by atoms with Gasteiger partial charge in [0.15, 0.2) is 0 Å². The Bertz CT molecular complexity index is 606. The van der Waals surface area contributed by atoms with Gasteiger partial charge in [0.2, 0.25) is 5.78 Å². The molecule has 3 rings (SSSR count). The minimum atomic E-state index is -0.319. The quantitative estimate of drug-likeness (QED) is 0.795. The van der Waals surface area contributed by atoms with Crippen LogP contribution < -0.4 is 4.74 Å². The molecule has 5 heteroatoms. The molecule has 0 aromatic heterocycles. The molecule has 1 unspecified atom stereocenters. The van der Waals surface area contributed by atoms with Crippen molar-refractivity contribution in [3.8, 4) is 5.75 Å². The van der Waals surface area contributed by atoms with Crippen molar-refractivity contribution >= 4 is 11.7 Å². The van der Waals surface area contributed by atoms with Crippen LogP contribution in [0.5, 0.6) is 5.75 Å². The highest BCUT2D eigenvalue weighted by molar-refractivity contribution is 6.35. The van der Waals surface area contributed by atoms with E-state index in [4.69, 9.17) is 4.74 Å². The van der Waals surface area contributed by atoms with E-state index in [0.29, 0.717) is 19.1 Å². The second-order valence-corrected chi connectivity index (χ2v) is 6.22. The van der Waals surface area contributed by atoms with E-state index in [2.05, 4.69) is 17.0 Å². The maximum absolute atomic E-state index is 12.0. The number of carbonyl (C=O) groups is 2. The van der Waals surface area contributed by atoms with Crippen LogP contribution in [0.15, 0.2) is 18.2 Å². The summed E-state index contributed by atoms with van der Waals surface area (Å²) in [6, 6.07) is 6.73. The highest BCUT2D eigenvalue weighted by Gasteiger charge is 2.32. The smallest absolute Gasteiger partial charge is 0.290 e. The molecule has 0 radical (unpaired) electrons. The molecule has 2 aliphatic rings. The monoisotopic (exact) mass is 316 g/mol. The van der Waals surface area contributed by atoms with Crippen LogP contribution in [0.3, 0.4) is 0 Å². The topological polar surface area (TPSA) is 49.9 Å². The number of ether oxygens (including phenoxy) is 1. The van der Waals surface area contributed by atoms with E-state index in [9.17, 15) is 9.59 Å². The van der Waals surface area contributed by atoms with E-state index < -0.39 is 0 Å². The molecule has 0 N–H and O–H groups in total. The van der Waals surface area contributed by atoms with Gasteiger partial charge in [-0.25, -0.2) is 0 Å². The first-order chi connectivity index (χ1) is 11.1. The number of methoxy groups -OCH3 is 1. The number of piperazine rings is 1. The van der Waals surface area contributed by atoms with Gasteiger partial charge in [0.25, 0.3) is 5.91 Å². The third kappa shape index (κ3) is 3.11. The molecule has 1 amide bonds. The van der Waals surface area contributed by atoms with Gasteiger partial charge in [0.05, 0.1) is 7.11 Å². The minimum absolute atomic E-state index is 0.283. The van der Waals surface area contributed by atoms with Gasteiger partial charge in [-0.1, -0.05) is 13.0 Å². The Hall–Kier alpha value is -1.88. The van der Waals surface area contributed by atoms with E-state index in [0.717, 1.165) is 31.7 Å². The van der Waals surface area contributed by atoms with Gasteiger partial charge in [0, 0.05) is 38.6 Å². The molecule has 1 aliphatic carbocycles. The number of hydrogen-bond acceptors (Lipinski definition) is 4. The molecule has 1 atom stereocenters. The lowest BCUT2D eigenvalue weighted by atomic mass is 10.1. The van der Waals surface area contributed by atoms with Crippen LogP contribution in [0.1, 0.15) is 36.9 Å². The van der Waals surface area contributed by atoms with Crippen molar-refractivity contribution in [2.24, 2.45) is 0 Å². The van der Waals surface area contributed by atoms with Gasteiger partial charge in [0.1, 0.15) is 5.75 Å². The fraction of sp³-hybridized carbons (Fsp3) is 0.556. The van der Waals surface area contributed by atoms with E-state index >= 15 is 0 Å². The molecule has 1 heterocycles. The second-order valence-electron chi connectivity index (χ2n) is 6.22. The lowest BCUT2D eigenvalue weighted by Crippen LogP contribution is -2.51. The summed E-state index contributed by atoms with van der Waals surface area (Å²) in [7, 11) is 1.70. The number of ketones is 1. The fourth-order valence-electron chi connectivity index (χ4n) is 3.63. The summed E-state index contributed by atoms with van der Waals surface area (Å²) < 4.78 is 5.35. The summed E-state index contributed by atoms with van der Waals surface area (Å²) in [4.78, 5) is 27.7. The second kappa shape index (κ2) is 6.71. The molecule has 1 aromatic rings. The van der Waals surface area contributed by atoms with Gasteiger partial charge in [-0.15, -0.1) is 0 Å². The van der Waals surface area contributed by atoms with E-state index in [1.807, 2.05) is 6.07 Å². The Morgan fingerprint density at radius 1 is 1.22 bits per heavy atom. The maximum atomic E-state index is 12.0. The molecule has 1 fully saturated rings. The zero-order valence-electron chi connectivity index (χ0n) is 13.9. The normalized spacial score (nSPS) is 21.1. The van der Waals surface area contributed by atoms with Gasteiger partial charge in [-0.3, -0.25) is 14.5 Å². The summed E-state index contributed by atoms with van der Waals surface area (Å²) in [5.74, 6) is 0.299. The molecular formula is C18H24N2O3. The number of hydrogen-bond donors (Lipinski definition) is 0. The number of amides is 1. The van der Waals surface area contributed by atoms with Gasteiger partial charge >= 0.3 is 0 Å². The summed E-state index contributed by atoms with van der Waals surface area (Å²) in [6.45, 7) is 4.66. The zero-order valence-corrected chi connectivity index (χ0v) is 13.9. The average Bonchev–Trinajstić information content (AvgIpc) is 3.03. The number of rotatable bonds is 4. The Morgan fingerprint density at radius 3 is 2.61 bits per heavy atom. The summed E-state index contributed by atoms with van der Waals surface area (Å²) >= 11 is 0. The molecule has 23 heavy (non-hydrogen) atoms. The Labute approximate surface area is 137 Å². The molecule has 0 saturated carbocycles. The number of benzene rings is 1. The molecule has 1 saturated heterocycles. The maximum Gasteiger partial charge on any atom is 0.290 e. The summed E-state index contributed by atoms with van der Waals surface area (Å²) in [6.07, 6.45) is 2.50. The first kappa shape index (κ1) is 16.0. The molecule has 0 bridgehead atoms. The van der Waals surface area contributed by atoms with Crippen LogP contribution in [0.2, 0.25) is 0 Å². The molecular weight excluding hydrogens is 292 g/mol. The Kier molecular flexibility index (Phi) is 4.66. The van der Waals surface area contributed by atoms with Crippen LogP contribution in [0, 0.1) is 0 Å². The van der Waals surface area contributed by atoms with E-state index in [1.165, 1.54) is 11.1 Å². The first-order valence-electron chi connectivity index (χ1n) is 8.37. The van der Waals surface area contributed by atoms with Crippen LogP contribution in [-0.2, 0) is 16.0 Å². The Morgan fingerprint density at radius 2 is 1.96 bits per heavy atom. The van der Waals surface area contributed by atoms with Crippen LogP contribution in [0.4, 0.5) is 0 Å². The van der Waals surface area contributed by atoms with Crippen molar-refractivity contribution in [1.29, 1.82) is 0 Å². The third-order valence-electron chi connectivity index (χ3n) is 5.00. The van der Waals surface area contributed by atoms with Gasteiger partial charge in [-0.2, -0.15) is 0 Å². The van der Waals surface area contributed by atoms with Crippen molar-refractivity contribution in [2.45, 2.75) is 32.2 Å². The van der Waals surface area contributed by atoms with Crippen LogP contribution in [0.25, 0.3) is 0 Å². The standard InChI is InChI=1S/C18H24N2O3/c1-3-17(21)18(22)20-10-8-19(9-11-20)16-7-5-13-4-6-14(23-2)12-15(13)16/h4,6,12,16H,3,5,7-11H2,1-2H3. The van der Waals surface area contributed by atoms with E-state index in [1.54, 1.807) is 18.9 Å². The predicted molar refractivity (Wildman–Crippen MR) is 87.5 cm³/mol. The predicted octanol–water partition coefficient (Wildman–Crippen LogP) is 1.81. The lowest BCUT2D eigenvalue weighted by molar-refractivity contribution is -0.145. The first-order valence-corrected chi connectivity index (χ1v) is 8.37. The molecule has 5 nitrogen and oxygen atoms in total. The Balaban J connectivity index is 1.66. The van der Waals surface area contributed by atoms with Crippen molar-refractivity contribution in [3.63, 3.8) is 0 Å². The molecule has 1 aromatic carbocycles. The average molecular weight is 316 g/mol. The highest BCUT2D eigenvalue weighted by Crippen LogP contribution is 2.38. The largest absolute Gasteiger partial charge is 0.497 e. The molecule has 0 spiro atoms. The number of nitrogens with zero attached hydrogens (tertiary/aromatic N) is 2. The van der Waals surface area contributed by atoms with Crippen LogP contribution >= 0.6 is 0 Å². The minimum Gasteiger partial charge on any atom is -0.497 e. The van der Waals surface area contributed by atoms with Crippen molar-refractivity contribution in [1.82, 2.24) is 9.80 Å². The number of aryl methyl sites for hydroxylation is 1. The van der Waals surface area contributed by atoms with Crippen LogP contribution in [-0.4, -0.2) is 54.8 Å².